The predicted molar refractivity (Wildman–Crippen MR) is 75.6 cm³/mol. The Balaban J connectivity index is 1.86. The fourth-order valence-electron chi connectivity index (χ4n) is 1.97. The van der Waals surface area contributed by atoms with E-state index in [4.69, 9.17) is 0 Å². The number of aliphatic hydroxyl groups is 1. The molecule has 2 aromatic carbocycles. The number of anilines is 1. The number of hydrogen-bond donors (Lipinski definition) is 2. The van der Waals surface area contributed by atoms with Gasteiger partial charge in [-0.15, -0.1) is 0 Å². The Morgan fingerprint density at radius 3 is 2.47 bits per heavy atom. The summed E-state index contributed by atoms with van der Waals surface area (Å²) < 4.78 is 12.8. The van der Waals surface area contributed by atoms with Crippen LogP contribution in [0.5, 0.6) is 0 Å². The molecule has 2 N–H and O–H groups in total. The van der Waals surface area contributed by atoms with Gasteiger partial charge in [0.25, 0.3) is 0 Å². The van der Waals surface area contributed by atoms with Crippen molar-refractivity contribution in [3.05, 3.63) is 65.5 Å². The molecule has 0 saturated heterocycles. The number of halogens is 1. The molecular formula is C16H18FNO. The van der Waals surface area contributed by atoms with Crippen molar-refractivity contribution in [2.45, 2.75) is 19.4 Å². The second-order valence-corrected chi connectivity index (χ2v) is 4.60. The summed E-state index contributed by atoms with van der Waals surface area (Å²) in [6.07, 6.45) is 0.0112. The summed E-state index contributed by atoms with van der Waals surface area (Å²) in [5.41, 5.74) is 3.00. The molecule has 3 heteroatoms. The largest absolute Gasteiger partial charge is 0.388 e. The first-order chi connectivity index (χ1) is 9.16. The van der Waals surface area contributed by atoms with Gasteiger partial charge in [-0.1, -0.05) is 30.3 Å². The van der Waals surface area contributed by atoms with Gasteiger partial charge < -0.3 is 10.4 Å². The lowest BCUT2D eigenvalue weighted by Gasteiger charge is -2.13. The summed E-state index contributed by atoms with van der Waals surface area (Å²) in [4.78, 5) is 0. The predicted octanol–water partition coefficient (Wildman–Crippen LogP) is 3.67. The maximum Gasteiger partial charge on any atom is 0.123 e. The van der Waals surface area contributed by atoms with Crippen molar-refractivity contribution in [2.75, 3.05) is 11.9 Å². The van der Waals surface area contributed by atoms with Crippen molar-refractivity contribution < 1.29 is 9.50 Å². The molecule has 0 aliphatic heterocycles. The number of aryl methyl sites for hydroxylation is 1. The van der Waals surface area contributed by atoms with Crippen LogP contribution in [0.25, 0.3) is 0 Å². The monoisotopic (exact) mass is 259 g/mol. The van der Waals surface area contributed by atoms with E-state index in [1.54, 1.807) is 12.1 Å². The summed E-state index contributed by atoms with van der Waals surface area (Å²) in [5.74, 6) is -0.283. The normalized spacial score (nSPS) is 12.2. The van der Waals surface area contributed by atoms with Gasteiger partial charge in [-0.2, -0.15) is 0 Å². The standard InChI is InChI=1S/C16H18FNO/c1-12-4-2-3-5-15(12)18-11-10-16(19)13-6-8-14(17)9-7-13/h2-9,16,18-19H,10-11H2,1H3. The van der Waals surface area contributed by atoms with Crippen molar-refractivity contribution in [3.8, 4) is 0 Å². The van der Waals surface area contributed by atoms with E-state index in [1.165, 1.54) is 17.7 Å². The van der Waals surface area contributed by atoms with E-state index in [-0.39, 0.29) is 5.82 Å². The van der Waals surface area contributed by atoms with Gasteiger partial charge in [0, 0.05) is 12.2 Å². The molecule has 0 radical (unpaired) electrons. The molecule has 2 nitrogen and oxygen atoms in total. The van der Waals surface area contributed by atoms with Gasteiger partial charge in [0.1, 0.15) is 5.82 Å². The summed E-state index contributed by atoms with van der Waals surface area (Å²) in [5, 5.41) is 13.3. The second kappa shape index (κ2) is 6.34. The highest BCUT2D eigenvalue weighted by Crippen LogP contribution is 2.18. The molecule has 2 rings (SSSR count). The topological polar surface area (TPSA) is 32.3 Å². The Hall–Kier alpha value is -1.87. The fourth-order valence-corrected chi connectivity index (χ4v) is 1.97. The number of aliphatic hydroxyl groups excluding tert-OH is 1. The lowest BCUT2D eigenvalue weighted by atomic mass is 10.1. The minimum Gasteiger partial charge on any atom is -0.388 e. The van der Waals surface area contributed by atoms with Gasteiger partial charge in [-0.05, 0) is 42.7 Å². The zero-order valence-electron chi connectivity index (χ0n) is 10.9. The van der Waals surface area contributed by atoms with E-state index in [0.29, 0.717) is 13.0 Å². The van der Waals surface area contributed by atoms with Gasteiger partial charge in [-0.3, -0.25) is 0 Å². The lowest BCUT2D eigenvalue weighted by Crippen LogP contribution is -2.08. The van der Waals surface area contributed by atoms with E-state index < -0.39 is 6.10 Å². The minimum absolute atomic E-state index is 0.283. The van der Waals surface area contributed by atoms with Crippen molar-refractivity contribution in [1.82, 2.24) is 0 Å². The van der Waals surface area contributed by atoms with Crippen molar-refractivity contribution >= 4 is 5.69 Å². The Morgan fingerprint density at radius 1 is 1.11 bits per heavy atom. The summed E-state index contributed by atoms with van der Waals surface area (Å²) in [6, 6.07) is 14.0. The molecule has 1 atom stereocenters. The molecule has 0 aliphatic rings. The van der Waals surface area contributed by atoms with Gasteiger partial charge in [0.15, 0.2) is 0 Å². The Labute approximate surface area is 112 Å². The molecule has 0 bridgehead atoms. The van der Waals surface area contributed by atoms with Crippen LogP contribution < -0.4 is 5.32 Å². The van der Waals surface area contributed by atoms with Crippen molar-refractivity contribution in [1.29, 1.82) is 0 Å². The van der Waals surface area contributed by atoms with Crippen LogP contribution in [0.2, 0.25) is 0 Å². The first kappa shape index (κ1) is 13.6. The van der Waals surface area contributed by atoms with Crippen LogP contribution in [-0.4, -0.2) is 11.7 Å². The average molecular weight is 259 g/mol. The zero-order chi connectivity index (χ0) is 13.7. The maximum absolute atomic E-state index is 12.8. The molecule has 0 spiro atoms. The van der Waals surface area contributed by atoms with Gasteiger partial charge >= 0.3 is 0 Å². The molecular weight excluding hydrogens is 241 g/mol. The maximum atomic E-state index is 12.8. The summed E-state index contributed by atoms with van der Waals surface area (Å²) >= 11 is 0. The van der Waals surface area contributed by atoms with E-state index in [0.717, 1.165) is 11.3 Å². The van der Waals surface area contributed by atoms with E-state index >= 15 is 0 Å². The molecule has 0 heterocycles. The first-order valence-electron chi connectivity index (χ1n) is 6.40. The average Bonchev–Trinajstić information content (AvgIpc) is 2.41. The van der Waals surface area contributed by atoms with E-state index in [2.05, 4.69) is 5.32 Å². The first-order valence-corrected chi connectivity index (χ1v) is 6.40. The third-order valence-corrected chi connectivity index (χ3v) is 3.13. The highest BCUT2D eigenvalue weighted by atomic mass is 19.1. The quantitative estimate of drug-likeness (QED) is 0.858. The minimum atomic E-state index is -0.572. The fraction of sp³-hybridized carbons (Fsp3) is 0.250. The molecule has 0 fully saturated rings. The smallest absolute Gasteiger partial charge is 0.123 e. The highest BCUT2D eigenvalue weighted by molar-refractivity contribution is 5.50. The number of rotatable bonds is 5. The Morgan fingerprint density at radius 2 is 1.79 bits per heavy atom. The van der Waals surface area contributed by atoms with Crippen LogP contribution in [0.4, 0.5) is 10.1 Å². The summed E-state index contributed by atoms with van der Waals surface area (Å²) in [7, 11) is 0. The zero-order valence-corrected chi connectivity index (χ0v) is 10.9. The van der Waals surface area contributed by atoms with Crippen molar-refractivity contribution in [3.63, 3.8) is 0 Å². The Bertz CT molecular complexity index is 525. The van der Waals surface area contributed by atoms with Crippen LogP contribution in [0.3, 0.4) is 0 Å². The highest BCUT2D eigenvalue weighted by Gasteiger charge is 2.07. The molecule has 1 unspecified atom stereocenters. The van der Waals surface area contributed by atoms with E-state index in [1.807, 2.05) is 31.2 Å². The molecule has 0 aromatic heterocycles. The molecule has 0 amide bonds. The number of benzene rings is 2. The van der Waals surface area contributed by atoms with Crippen LogP contribution in [0.15, 0.2) is 48.5 Å². The second-order valence-electron chi connectivity index (χ2n) is 4.60. The third-order valence-electron chi connectivity index (χ3n) is 3.13. The van der Waals surface area contributed by atoms with Crippen molar-refractivity contribution in [2.24, 2.45) is 0 Å². The van der Waals surface area contributed by atoms with Gasteiger partial charge in [-0.25, -0.2) is 4.39 Å². The molecule has 100 valence electrons. The third kappa shape index (κ3) is 3.80. The molecule has 0 saturated carbocycles. The SMILES string of the molecule is Cc1ccccc1NCCC(O)c1ccc(F)cc1. The van der Waals surface area contributed by atoms with Crippen LogP contribution in [0, 0.1) is 12.7 Å². The molecule has 0 aliphatic carbocycles. The van der Waals surface area contributed by atoms with Crippen LogP contribution in [0.1, 0.15) is 23.7 Å². The molecule has 2 aromatic rings. The van der Waals surface area contributed by atoms with Crippen LogP contribution >= 0.6 is 0 Å². The number of hydrogen-bond acceptors (Lipinski definition) is 2. The van der Waals surface area contributed by atoms with Crippen LogP contribution in [-0.2, 0) is 0 Å². The Kier molecular flexibility index (Phi) is 4.53. The van der Waals surface area contributed by atoms with Gasteiger partial charge in [0.2, 0.25) is 0 Å². The number of nitrogens with one attached hydrogen (secondary N) is 1. The lowest BCUT2D eigenvalue weighted by molar-refractivity contribution is 0.171. The summed E-state index contributed by atoms with van der Waals surface area (Å²) in [6.45, 7) is 2.71. The molecule has 19 heavy (non-hydrogen) atoms. The number of para-hydroxylation sites is 1. The van der Waals surface area contributed by atoms with Gasteiger partial charge in [0.05, 0.1) is 6.10 Å². The van der Waals surface area contributed by atoms with E-state index in [9.17, 15) is 9.50 Å².